The molecule has 1 N–H and O–H groups in total. The Labute approximate surface area is 165 Å². The highest BCUT2D eigenvalue weighted by Crippen LogP contribution is 2.21. The summed E-state index contributed by atoms with van der Waals surface area (Å²) in [5, 5.41) is 3.29. The fourth-order valence-corrected chi connectivity index (χ4v) is 3.67. The van der Waals surface area contributed by atoms with Crippen LogP contribution >= 0.6 is 0 Å². The highest BCUT2D eigenvalue weighted by Gasteiger charge is 2.30. The van der Waals surface area contributed by atoms with Crippen LogP contribution in [0.5, 0.6) is 0 Å². The molecule has 148 valence electrons. The molecule has 0 spiro atoms. The van der Waals surface area contributed by atoms with E-state index in [0.717, 1.165) is 43.1 Å². The zero-order valence-corrected chi connectivity index (χ0v) is 16.5. The van der Waals surface area contributed by atoms with Gasteiger partial charge >= 0.3 is 0 Å². The van der Waals surface area contributed by atoms with Crippen molar-refractivity contribution in [1.82, 2.24) is 14.9 Å². The van der Waals surface area contributed by atoms with Crippen LogP contribution in [-0.2, 0) is 9.53 Å². The van der Waals surface area contributed by atoms with E-state index in [2.05, 4.69) is 34.3 Å². The molecule has 0 saturated carbocycles. The molecule has 1 atom stereocenters. The predicted molar refractivity (Wildman–Crippen MR) is 109 cm³/mol. The fourth-order valence-electron chi connectivity index (χ4n) is 3.67. The number of nitrogens with one attached hydrogen (secondary N) is 1. The number of benzene rings is 1. The molecule has 7 heteroatoms. The first-order valence-corrected chi connectivity index (χ1v) is 9.93. The molecule has 1 unspecified atom stereocenters. The number of piperazine rings is 1. The molecule has 28 heavy (non-hydrogen) atoms. The topological polar surface area (TPSA) is 70.6 Å². The molecule has 2 aliphatic rings. The first-order valence-electron chi connectivity index (χ1n) is 9.93. The Morgan fingerprint density at radius 3 is 2.54 bits per heavy atom. The van der Waals surface area contributed by atoms with E-state index in [-0.39, 0.29) is 12.0 Å². The summed E-state index contributed by atoms with van der Waals surface area (Å²) >= 11 is 0. The predicted octanol–water partition coefficient (Wildman–Crippen LogP) is 2.66. The normalized spacial score (nSPS) is 19.7. The number of anilines is 3. The molecule has 4 rings (SSSR count). The third-order valence-electron chi connectivity index (χ3n) is 5.27. The number of amides is 1. The first-order chi connectivity index (χ1) is 13.6. The maximum Gasteiger partial charge on any atom is 0.251 e. The molecule has 0 aliphatic carbocycles. The van der Waals surface area contributed by atoms with Crippen molar-refractivity contribution in [1.29, 1.82) is 0 Å². The lowest BCUT2D eigenvalue weighted by molar-refractivity contribution is -0.141. The van der Waals surface area contributed by atoms with E-state index in [9.17, 15) is 4.79 Å². The molecule has 1 aromatic heterocycles. The van der Waals surface area contributed by atoms with Gasteiger partial charge in [-0.1, -0.05) is 17.7 Å². The monoisotopic (exact) mass is 381 g/mol. The molecular formula is C21H27N5O2. The highest BCUT2D eigenvalue weighted by atomic mass is 16.5. The maximum absolute atomic E-state index is 12.5. The van der Waals surface area contributed by atoms with E-state index in [4.69, 9.17) is 9.72 Å². The average Bonchev–Trinajstić information content (AvgIpc) is 3.24. The lowest BCUT2D eigenvalue weighted by Gasteiger charge is -2.36. The number of rotatable bonds is 4. The quantitative estimate of drug-likeness (QED) is 0.878. The van der Waals surface area contributed by atoms with Crippen LogP contribution in [-0.4, -0.2) is 59.7 Å². The molecule has 3 heterocycles. The number of ether oxygens (including phenoxy) is 1. The number of hydrogen-bond acceptors (Lipinski definition) is 6. The number of aryl methyl sites for hydroxylation is 2. The minimum atomic E-state index is -0.238. The third kappa shape index (κ3) is 4.25. The summed E-state index contributed by atoms with van der Waals surface area (Å²) < 4.78 is 5.54. The second-order valence-corrected chi connectivity index (χ2v) is 7.50. The van der Waals surface area contributed by atoms with Crippen LogP contribution in [0.4, 0.5) is 17.5 Å². The van der Waals surface area contributed by atoms with Crippen molar-refractivity contribution in [3.05, 3.63) is 41.6 Å². The number of hydrogen-bond donors (Lipinski definition) is 1. The van der Waals surface area contributed by atoms with Crippen molar-refractivity contribution in [2.75, 3.05) is 43.0 Å². The van der Waals surface area contributed by atoms with Crippen LogP contribution in [0.2, 0.25) is 0 Å². The van der Waals surface area contributed by atoms with Crippen molar-refractivity contribution in [2.24, 2.45) is 0 Å². The molecule has 2 aliphatic heterocycles. The van der Waals surface area contributed by atoms with Crippen molar-refractivity contribution in [3.63, 3.8) is 0 Å². The van der Waals surface area contributed by atoms with Crippen molar-refractivity contribution in [3.8, 4) is 0 Å². The molecule has 0 radical (unpaired) electrons. The Balaban J connectivity index is 1.41. The molecule has 1 aromatic carbocycles. The number of nitrogens with zero attached hydrogens (tertiary/aromatic N) is 4. The maximum atomic E-state index is 12.5. The highest BCUT2D eigenvalue weighted by molar-refractivity contribution is 5.81. The Bertz CT molecular complexity index is 825. The van der Waals surface area contributed by atoms with Crippen molar-refractivity contribution in [2.45, 2.75) is 32.8 Å². The second kappa shape index (κ2) is 8.14. The number of aromatic nitrogens is 2. The molecular weight excluding hydrogens is 354 g/mol. The summed E-state index contributed by atoms with van der Waals surface area (Å²) in [6.07, 6.45) is 1.59. The fraction of sp³-hybridized carbons (Fsp3) is 0.476. The van der Waals surface area contributed by atoms with E-state index in [1.165, 1.54) is 5.56 Å². The van der Waals surface area contributed by atoms with Crippen LogP contribution in [0.1, 0.15) is 24.1 Å². The van der Waals surface area contributed by atoms with Gasteiger partial charge in [-0.3, -0.25) is 4.79 Å². The first kappa shape index (κ1) is 18.7. The summed E-state index contributed by atoms with van der Waals surface area (Å²) in [7, 11) is 0. The third-order valence-corrected chi connectivity index (χ3v) is 5.27. The minimum absolute atomic E-state index is 0.137. The Morgan fingerprint density at radius 2 is 1.86 bits per heavy atom. The van der Waals surface area contributed by atoms with Crippen molar-refractivity contribution < 1.29 is 9.53 Å². The van der Waals surface area contributed by atoms with Gasteiger partial charge in [0, 0.05) is 50.2 Å². The second-order valence-electron chi connectivity index (χ2n) is 7.50. The zero-order valence-electron chi connectivity index (χ0n) is 16.5. The average molecular weight is 381 g/mol. The summed E-state index contributed by atoms with van der Waals surface area (Å²) in [6, 6.07) is 10.2. The van der Waals surface area contributed by atoms with Gasteiger partial charge < -0.3 is 19.9 Å². The smallest absolute Gasteiger partial charge is 0.251 e. The minimum Gasteiger partial charge on any atom is -0.368 e. The summed E-state index contributed by atoms with van der Waals surface area (Å²) in [5.74, 6) is 1.63. The lowest BCUT2D eigenvalue weighted by atomic mass is 10.2. The van der Waals surface area contributed by atoms with E-state index in [1.54, 1.807) is 0 Å². The van der Waals surface area contributed by atoms with Gasteiger partial charge in [-0.05, 0) is 38.8 Å². The molecule has 2 aromatic rings. The van der Waals surface area contributed by atoms with Gasteiger partial charge in [0.25, 0.3) is 5.91 Å². The lowest BCUT2D eigenvalue weighted by Crippen LogP contribution is -2.51. The molecule has 7 nitrogen and oxygen atoms in total. The Morgan fingerprint density at radius 1 is 1.11 bits per heavy atom. The van der Waals surface area contributed by atoms with E-state index >= 15 is 0 Å². The van der Waals surface area contributed by atoms with Gasteiger partial charge in [-0.15, -0.1) is 0 Å². The van der Waals surface area contributed by atoms with Crippen LogP contribution < -0.4 is 10.2 Å². The largest absolute Gasteiger partial charge is 0.368 e. The molecule has 2 saturated heterocycles. The van der Waals surface area contributed by atoms with Crippen molar-refractivity contribution >= 4 is 23.4 Å². The van der Waals surface area contributed by atoms with E-state index in [1.807, 2.05) is 30.0 Å². The van der Waals surface area contributed by atoms with Crippen LogP contribution in [0, 0.1) is 13.8 Å². The SMILES string of the molecule is Cc1ccc(Nc2nc(C)cc(N3CCN(C(=O)C4CCCO4)CC3)n2)cc1. The Kier molecular flexibility index (Phi) is 5.43. The van der Waals surface area contributed by atoms with Gasteiger partial charge in [-0.25, -0.2) is 4.98 Å². The molecule has 1 amide bonds. The van der Waals surface area contributed by atoms with Crippen LogP contribution in [0.25, 0.3) is 0 Å². The standard InChI is InChI=1S/C21H27N5O2/c1-15-5-7-17(8-6-15)23-21-22-16(2)14-19(24-21)25-9-11-26(12-10-25)20(27)18-4-3-13-28-18/h5-8,14,18H,3-4,9-13H2,1-2H3,(H,22,23,24). The summed E-state index contributed by atoms with van der Waals surface area (Å²) in [4.78, 5) is 25.9. The van der Waals surface area contributed by atoms with Gasteiger partial charge in [0.1, 0.15) is 11.9 Å². The van der Waals surface area contributed by atoms with Crippen LogP contribution in [0.3, 0.4) is 0 Å². The van der Waals surface area contributed by atoms with E-state index in [0.29, 0.717) is 25.6 Å². The van der Waals surface area contributed by atoms with Gasteiger partial charge in [0.15, 0.2) is 0 Å². The number of carbonyl (C=O) groups is 1. The van der Waals surface area contributed by atoms with E-state index < -0.39 is 0 Å². The molecule has 2 fully saturated rings. The summed E-state index contributed by atoms with van der Waals surface area (Å²) in [5.41, 5.74) is 3.10. The molecule has 0 bridgehead atoms. The van der Waals surface area contributed by atoms with Gasteiger partial charge in [0.05, 0.1) is 0 Å². The zero-order chi connectivity index (χ0) is 19.5. The van der Waals surface area contributed by atoms with Gasteiger partial charge in [-0.2, -0.15) is 4.98 Å². The number of carbonyl (C=O) groups excluding carboxylic acids is 1. The Hall–Kier alpha value is -2.67. The van der Waals surface area contributed by atoms with Crippen LogP contribution in [0.15, 0.2) is 30.3 Å². The van der Waals surface area contributed by atoms with Gasteiger partial charge in [0.2, 0.25) is 5.95 Å². The summed E-state index contributed by atoms with van der Waals surface area (Å²) in [6.45, 7) is 7.66.